The molecule has 0 bridgehead atoms. The zero-order valence-corrected chi connectivity index (χ0v) is 16.5. The first-order valence-corrected chi connectivity index (χ1v) is 10.4. The molecule has 2 N–H and O–H groups in total. The second-order valence-corrected chi connectivity index (χ2v) is 8.43. The average molecular weight is 443 g/mol. The second-order valence-electron chi connectivity index (χ2n) is 6.31. The topological polar surface area (TPSA) is 84.5 Å². The fraction of sp³-hybridized carbons (Fsp3) is 0.211. The molecule has 0 heterocycles. The third-order valence-corrected chi connectivity index (χ3v) is 5.76. The highest BCUT2D eigenvalue weighted by Crippen LogP contribution is 2.29. The van der Waals surface area contributed by atoms with Crippen molar-refractivity contribution < 1.29 is 26.7 Å². The maximum atomic E-state index is 12.2. The summed E-state index contributed by atoms with van der Waals surface area (Å²) < 4.78 is 55.5. The van der Waals surface area contributed by atoms with Crippen molar-refractivity contribution in [1.29, 1.82) is 0 Å². The molecule has 0 spiro atoms. The van der Waals surface area contributed by atoms with Gasteiger partial charge in [-0.3, -0.25) is 4.79 Å². The van der Waals surface area contributed by atoms with Gasteiger partial charge in [-0.25, -0.2) is 13.1 Å². The molecule has 1 amide bonds. The predicted octanol–water partition coefficient (Wildman–Crippen LogP) is 4.03. The highest BCUT2D eigenvalue weighted by molar-refractivity contribution is 7.89. The number of halogens is 3. The van der Waals surface area contributed by atoms with Crippen LogP contribution in [0, 0.1) is 0 Å². The summed E-state index contributed by atoms with van der Waals surface area (Å²) in [5.41, 5.74) is 0.933. The van der Waals surface area contributed by atoms with E-state index in [4.69, 9.17) is 11.6 Å². The van der Waals surface area contributed by atoms with Gasteiger partial charge in [0, 0.05) is 17.8 Å². The van der Waals surface area contributed by atoms with Crippen molar-refractivity contribution in [2.45, 2.75) is 30.4 Å². The lowest BCUT2D eigenvalue weighted by Gasteiger charge is -2.08. The van der Waals surface area contributed by atoms with Crippen LogP contribution in [-0.2, 0) is 14.8 Å². The molecule has 6 nitrogen and oxygen atoms in total. The van der Waals surface area contributed by atoms with Gasteiger partial charge in [-0.15, -0.1) is 0 Å². The molecule has 0 aliphatic heterocycles. The Bertz CT molecular complexity index is 1020. The van der Waals surface area contributed by atoms with Crippen molar-refractivity contribution >= 4 is 39.3 Å². The zero-order chi connectivity index (χ0) is 21.0. The maximum Gasteiger partial charge on any atom is 0.387 e. The first-order valence-electron chi connectivity index (χ1n) is 8.59. The predicted molar refractivity (Wildman–Crippen MR) is 106 cm³/mol. The summed E-state index contributed by atoms with van der Waals surface area (Å²) in [5.74, 6) is -0.669. The lowest BCUT2D eigenvalue weighted by molar-refractivity contribution is -0.111. The Morgan fingerprint density at radius 2 is 1.86 bits per heavy atom. The molecule has 0 unspecified atom stereocenters. The van der Waals surface area contributed by atoms with Crippen LogP contribution in [0.5, 0.6) is 5.75 Å². The third-order valence-electron chi connectivity index (χ3n) is 3.93. The van der Waals surface area contributed by atoms with Gasteiger partial charge >= 0.3 is 6.61 Å². The number of amides is 1. The van der Waals surface area contributed by atoms with Crippen LogP contribution in [-0.4, -0.2) is 27.0 Å². The Hall–Kier alpha value is -2.49. The van der Waals surface area contributed by atoms with Crippen molar-refractivity contribution in [2.24, 2.45) is 0 Å². The van der Waals surface area contributed by atoms with Gasteiger partial charge in [-0.1, -0.05) is 23.7 Å². The Balaban J connectivity index is 1.59. The van der Waals surface area contributed by atoms with Gasteiger partial charge in [-0.2, -0.15) is 8.78 Å². The number of alkyl halides is 2. The van der Waals surface area contributed by atoms with E-state index >= 15 is 0 Å². The number of hydrogen-bond acceptors (Lipinski definition) is 4. The fourth-order valence-corrected chi connectivity index (χ4v) is 3.90. The van der Waals surface area contributed by atoms with Gasteiger partial charge < -0.3 is 10.1 Å². The molecule has 1 fully saturated rings. The highest BCUT2D eigenvalue weighted by Gasteiger charge is 2.27. The van der Waals surface area contributed by atoms with E-state index in [9.17, 15) is 22.0 Å². The van der Waals surface area contributed by atoms with Crippen molar-refractivity contribution in [2.75, 3.05) is 5.32 Å². The Labute approximate surface area is 171 Å². The van der Waals surface area contributed by atoms with Crippen LogP contribution in [0.2, 0.25) is 5.02 Å². The molecule has 0 aromatic heterocycles. The summed E-state index contributed by atoms with van der Waals surface area (Å²) in [6.45, 7) is -3.00. The Morgan fingerprint density at radius 1 is 1.17 bits per heavy atom. The van der Waals surface area contributed by atoms with Crippen molar-refractivity contribution in [3.05, 3.63) is 59.1 Å². The number of carbonyl (C=O) groups is 1. The molecular formula is C19H17ClF2N2O4S. The van der Waals surface area contributed by atoms with Crippen LogP contribution in [0.1, 0.15) is 18.4 Å². The van der Waals surface area contributed by atoms with E-state index in [2.05, 4.69) is 14.8 Å². The summed E-state index contributed by atoms with van der Waals surface area (Å²) in [5, 5.41) is 2.47. The van der Waals surface area contributed by atoms with E-state index in [1.54, 1.807) is 12.1 Å². The first kappa shape index (κ1) is 21.2. The summed E-state index contributed by atoms with van der Waals surface area (Å²) >= 11 is 5.83. The summed E-state index contributed by atoms with van der Waals surface area (Å²) in [4.78, 5) is 12.2. The number of carbonyl (C=O) groups excluding carboxylic acids is 1. The summed E-state index contributed by atoms with van der Waals surface area (Å²) in [6, 6.07) is 10.0. The lowest BCUT2D eigenvalue weighted by atomic mass is 10.2. The van der Waals surface area contributed by atoms with Crippen LogP contribution in [0.15, 0.2) is 53.4 Å². The molecule has 29 heavy (non-hydrogen) atoms. The van der Waals surface area contributed by atoms with Gasteiger partial charge in [0.25, 0.3) is 0 Å². The average Bonchev–Trinajstić information content (AvgIpc) is 3.46. The van der Waals surface area contributed by atoms with Crippen molar-refractivity contribution in [3.8, 4) is 5.75 Å². The number of anilines is 1. The molecule has 10 heteroatoms. The normalized spacial score (nSPS) is 14.3. The number of sulfonamides is 1. The summed E-state index contributed by atoms with van der Waals surface area (Å²) in [6.07, 6.45) is 4.46. The Morgan fingerprint density at radius 3 is 2.45 bits per heavy atom. The maximum absolute atomic E-state index is 12.2. The van der Waals surface area contributed by atoms with Gasteiger partial charge in [-0.05, 0) is 54.8 Å². The van der Waals surface area contributed by atoms with E-state index in [0.717, 1.165) is 12.8 Å². The van der Waals surface area contributed by atoms with E-state index in [-0.39, 0.29) is 21.7 Å². The molecule has 1 saturated carbocycles. The van der Waals surface area contributed by atoms with Crippen molar-refractivity contribution in [1.82, 2.24) is 4.72 Å². The number of nitrogens with one attached hydrogen (secondary N) is 2. The minimum absolute atomic E-state index is 0.0211. The summed E-state index contributed by atoms with van der Waals surface area (Å²) in [7, 11) is -3.52. The monoisotopic (exact) mass is 442 g/mol. The van der Waals surface area contributed by atoms with Gasteiger partial charge in [0.15, 0.2) is 0 Å². The van der Waals surface area contributed by atoms with E-state index in [0.29, 0.717) is 11.3 Å². The largest absolute Gasteiger partial charge is 0.433 e. The molecule has 0 atom stereocenters. The molecule has 1 aliphatic rings. The van der Waals surface area contributed by atoms with Crippen LogP contribution in [0.25, 0.3) is 6.08 Å². The lowest BCUT2D eigenvalue weighted by Crippen LogP contribution is -2.25. The molecular weight excluding hydrogens is 426 g/mol. The van der Waals surface area contributed by atoms with Crippen LogP contribution in [0.4, 0.5) is 14.5 Å². The minimum Gasteiger partial charge on any atom is -0.433 e. The number of benzene rings is 2. The van der Waals surface area contributed by atoms with Gasteiger partial charge in [0.2, 0.25) is 15.9 Å². The van der Waals surface area contributed by atoms with Gasteiger partial charge in [0.1, 0.15) is 5.75 Å². The molecule has 0 radical (unpaired) electrons. The second kappa shape index (κ2) is 8.89. The smallest absolute Gasteiger partial charge is 0.387 e. The number of rotatable bonds is 8. The first-order chi connectivity index (χ1) is 13.7. The number of ether oxygens (including phenoxy) is 1. The van der Waals surface area contributed by atoms with Crippen LogP contribution >= 0.6 is 11.6 Å². The minimum atomic E-state index is -3.52. The van der Waals surface area contributed by atoms with Crippen molar-refractivity contribution in [3.63, 3.8) is 0 Å². The molecule has 3 rings (SSSR count). The molecule has 1 aliphatic carbocycles. The van der Waals surface area contributed by atoms with E-state index in [1.807, 2.05) is 0 Å². The molecule has 0 saturated heterocycles. The van der Waals surface area contributed by atoms with E-state index in [1.165, 1.54) is 42.5 Å². The van der Waals surface area contributed by atoms with Crippen LogP contribution in [0.3, 0.4) is 0 Å². The van der Waals surface area contributed by atoms with Crippen LogP contribution < -0.4 is 14.8 Å². The third kappa shape index (κ3) is 6.25. The zero-order valence-electron chi connectivity index (χ0n) is 14.9. The Kier molecular flexibility index (Phi) is 6.51. The quantitative estimate of drug-likeness (QED) is 0.604. The standard InChI is InChI=1S/C19H17ClF2N2O4S/c20-16-11-14(6-9-17(16)28-19(21)22)23-18(25)10-3-12-1-7-15(8-2-12)29(26,27)24-13-4-5-13/h1-3,6-11,13,19,24H,4-5H2,(H,23,25)/b10-3+. The fourth-order valence-electron chi connectivity index (χ4n) is 2.37. The molecule has 2 aromatic carbocycles. The number of hydrogen-bond donors (Lipinski definition) is 2. The molecule has 2 aromatic rings. The van der Waals surface area contributed by atoms with E-state index < -0.39 is 22.5 Å². The highest BCUT2D eigenvalue weighted by atomic mass is 35.5. The molecule has 154 valence electrons. The SMILES string of the molecule is O=C(/C=C/c1ccc(S(=O)(=O)NC2CC2)cc1)Nc1ccc(OC(F)F)c(Cl)c1. The van der Waals surface area contributed by atoms with Gasteiger partial charge in [0.05, 0.1) is 9.92 Å².